The lowest BCUT2D eigenvalue weighted by Crippen LogP contribution is -2.18. The molecule has 0 saturated heterocycles. The molecule has 0 aliphatic carbocycles. The van der Waals surface area contributed by atoms with Crippen molar-refractivity contribution in [2.45, 2.75) is 39.3 Å². The third-order valence-corrected chi connectivity index (χ3v) is 2.31. The van der Waals surface area contributed by atoms with Gasteiger partial charge < -0.3 is 0 Å². The molecule has 0 fully saturated rings. The SMILES string of the molecule is C[Si](C)(C)N=C=N[Si](C)(C)C.Cl. The van der Waals surface area contributed by atoms with Gasteiger partial charge in [-0.3, -0.25) is 9.32 Å². The van der Waals surface area contributed by atoms with Crippen LogP contribution in [0, 0.1) is 0 Å². The zero-order chi connectivity index (χ0) is 9.12. The molecule has 0 heterocycles. The maximum Gasteiger partial charge on any atom is 0.186 e. The van der Waals surface area contributed by atoms with Gasteiger partial charge in [-0.15, -0.1) is 12.4 Å². The van der Waals surface area contributed by atoms with Crippen LogP contribution in [-0.4, -0.2) is 22.5 Å². The van der Waals surface area contributed by atoms with Gasteiger partial charge in [-0.25, -0.2) is 0 Å². The van der Waals surface area contributed by atoms with Crippen LogP contribution in [-0.2, 0) is 0 Å². The lowest BCUT2D eigenvalue weighted by Gasteiger charge is -2.06. The first-order valence-electron chi connectivity index (χ1n) is 3.89. The van der Waals surface area contributed by atoms with E-state index in [0.29, 0.717) is 0 Å². The first-order chi connectivity index (χ1) is 4.71. The topological polar surface area (TPSA) is 24.7 Å². The zero-order valence-corrected chi connectivity index (χ0v) is 11.6. The molecular weight excluding hydrogens is 204 g/mol. The lowest BCUT2D eigenvalue weighted by atomic mass is 11.6. The Kier molecular flexibility index (Phi) is 6.05. The number of halogens is 1. The summed E-state index contributed by atoms with van der Waals surface area (Å²) < 4.78 is 8.60. The molecule has 0 saturated carbocycles. The van der Waals surface area contributed by atoms with Crippen LogP contribution >= 0.6 is 12.4 Å². The molecular formula is C7H19ClN2Si2. The fraction of sp³-hybridized carbons (Fsp3) is 0.857. The third-order valence-electron chi connectivity index (χ3n) is 0.771. The van der Waals surface area contributed by atoms with Gasteiger partial charge in [-0.2, -0.15) is 0 Å². The first kappa shape index (κ1) is 14.6. The Morgan fingerprint density at radius 2 is 1.00 bits per heavy atom. The Morgan fingerprint density at radius 3 is 1.17 bits per heavy atom. The van der Waals surface area contributed by atoms with Gasteiger partial charge in [0.1, 0.15) is 0 Å². The number of hydrogen-bond acceptors (Lipinski definition) is 2. The van der Waals surface area contributed by atoms with Gasteiger partial charge in [0, 0.05) is 0 Å². The van der Waals surface area contributed by atoms with Crippen molar-refractivity contribution >= 4 is 34.9 Å². The van der Waals surface area contributed by atoms with Crippen molar-refractivity contribution in [3.63, 3.8) is 0 Å². The molecule has 0 aromatic rings. The Labute approximate surface area is 83.8 Å². The molecule has 2 nitrogen and oxygen atoms in total. The van der Waals surface area contributed by atoms with Crippen LogP contribution in [0.25, 0.3) is 0 Å². The van der Waals surface area contributed by atoms with Crippen molar-refractivity contribution in [2.24, 2.45) is 9.32 Å². The molecule has 12 heavy (non-hydrogen) atoms. The molecule has 0 aromatic carbocycles. The van der Waals surface area contributed by atoms with E-state index in [1.54, 1.807) is 0 Å². The Bertz CT molecular complexity index is 167. The van der Waals surface area contributed by atoms with Gasteiger partial charge in [-0.05, 0) is 39.3 Å². The smallest absolute Gasteiger partial charge is 0.186 e. The summed E-state index contributed by atoms with van der Waals surface area (Å²) in [5.41, 5.74) is 0. The van der Waals surface area contributed by atoms with Crippen LogP contribution in [0.2, 0.25) is 39.3 Å². The van der Waals surface area contributed by atoms with Crippen LogP contribution in [0.1, 0.15) is 0 Å². The molecule has 0 aliphatic rings. The minimum absolute atomic E-state index is 0. The average Bonchev–Trinajstić information content (AvgIpc) is 1.55. The zero-order valence-electron chi connectivity index (χ0n) is 8.80. The summed E-state index contributed by atoms with van der Waals surface area (Å²) in [7, 11) is -2.63. The Morgan fingerprint density at radius 1 is 0.750 bits per heavy atom. The van der Waals surface area contributed by atoms with E-state index in [9.17, 15) is 0 Å². The van der Waals surface area contributed by atoms with Crippen molar-refractivity contribution in [2.75, 3.05) is 0 Å². The van der Waals surface area contributed by atoms with Crippen LogP contribution in [0.4, 0.5) is 0 Å². The Balaban J connectivity index is 0. The minimum atomic E-state index is -1.31. The van der Waals surface area contributed by atoms with E-state index in [1.165, 1.54) is 0 Å². The summed E-state index contributed by atoms with van der Waals surface area (Å²) in [6.07, 6.45) is 0. The second-order valence-electron chi connectivity index (χ2n) is 4.67. The summed E-state index contributed by atoms with van der Waals surface area (Å²) in [5, 5.41) is 0. The van der Waals surface area contributed by atoms with Crippen LogP contribution < -0.4 is 0 Å². The van der Waals surface area contributed by atoms with E-state index in [2.05, 4.69) is 54.6 Å². The van der Waals surface area contributed by atoms with Gasteiger partial charge in [0.15, 0.2) is 16.5 Å². The molecule has 0 N–H and O–H groups in total. The number of hydrogen-bond donors (Lipinski definition) is 0. The van der Waals surface area contributed by atoms with E-state index >= 15 is 0 Å². The molecule has 0 unspecified atom stereocenters. The van der Waals surface area contributed by atoms with Crippen LogP contribution in [0.15, 0.2) is 9.32 Å². The molecule has 0 bridgehead atoms. The summed E-state index contributed by atoms with van der Waals surface area (Å²) >= 11 is 0. The molecule has 5 heteroatoms. The maximum absolute atomic E-state index is 4.30. The van der Waals surface area contributed by atoms with Crippen molar-refractivity contribution in [3.05, 3.63) is 0 Å². The fourth-order valence-electron chi connectivity index (χ4n) is 0.325. The molecule has 0 radical (unpaired) electrons. The minimum Gasteiger partial charge on any atom is -0.268 e. The molecule has 0 rings (SSSR count). The van der Waals surface area contributed by atoms with E-state index in [1.807, 2.05) is 0 Å². The standard InChI is InChI=1S/C7H18N2Si2.ClH/c1-10(2,3)8-7-9-11(4,5)6;/h1-6H3;1H. The average molecular weight is 223 g/mol. The highest BCUT2D eigenvalue weighted by molar-refractivity contribution is 6.76. The molecule has 0 aliphatic heterocycles. The van der Waals surface area contributed by atoms with Crippen LogP contribution in [0.3, 0.4) is 0 Å². The van der Waals surface area contributed by atoms with Crippen molar-refractivity contribution < 1.29 is 0 Å². The first-order valence-corrected chi connectivity index (χ1v) is 10.8. The predicted molar refractivity (Wildman–Crippen MR) is 63.8 cm³/mol. The normalized spacial score (nSPS) is 11.2. The summed E-state index contributed by atoms with van der Waals surface area (Å²) in [6.45, 7) is 13.1. The largest absolute Gasteiger partial charge is 0.268 e. The van der Waals surface area contributed by atoms with Crippen LogP contribution in [0.5, 0.6) is 0 Å². The molecule has 0 spiro atoms. The summed E-state index contributed by atoms with van der Waals surface area (Å²) in [4.78, 5) is 0. The van der Waals surface area contributed by atoms with Gasteiger partial charge in [0.2, 0.25) is 0 Å². The maximum atomic E-state index is 4.30. The highest BCUT2D eigenvalue weighted by Gasteiger charge is 2.11. The van der Waals surface area contributed by atoms with E-state index in [0.717, 1.165) is 0 Å². The van der Waals surface area contributed by atoms with Gasteiger partial charge in [0.25, 0.3) is 0 Å². The molecule has 0 aromatic heterocycles. The second-order valence-corrected chi connectivity index (χ2v) is 13.8. The Hall–Kier alpha value is 0.104. The highest BCUT2D eigenvalue weighted by atomic mass is 35.5. The summed E-state index contributed by atoms with van der Waals surface area (Å²) in [6, 6.07) is 2.84. The highest BCUT2D eigenvalue weighted by Crippen LogP contribution is 2.02. The lowest BCUT2D eigenvalue weighted by molar-refractivity contribution is 1.53. The van der Waals surface area contributed by atoms with Gasteiger partial charge in [0.05, 0.1) is 6.01 Å². The van der Waals surface area contributed by atoms with Crippen molar-refractivity contribution in [3.8, 4) is 0 Å². The number of nitrogens with zero attached hydrogens (tertiary/aromatic N) is 2. The van der Waals surface area contributed by atoms with E-state index in [-0.39, 0.29) is 12.4 Å². The quantitative estimate of drug-likeness (QED) is 0.506. The number of rotatable bonds is 2. The monoisotopic (exact) mass is 222 g/mol. The van der Waals surface area contributed by atoms with Crippen molar-refractivity contribution in [1.82, 2.24) is 0 Å². The van der Waals surface area contributed by atoms with E-state index < -0.39 is 16.5 Å². The fourth-order valence-corrected chi connectivity index (χ4v) is 1.12. The van der Waals surface area contributed by atoms with Crippen molar-refractivity contribution in [1.29, 1.82) is 0 Å². The molecule has 0 atom stereocenters. The molecule has 72 valence electrons. The summed E-state index contributed by atoms with van der Waals surface area (Å²) in [5.74, 6) is 0. The second kappa shape index (κ2) is 4.97. The predicted octanol–water partition coefficient (Wildman–Crippen LogP) is 3.25. The van der Waals surface area contributed by atoms with E-state index in [4.69, 9.17) is 0 Å². The molecule has 0 amide bonds. The third kappa shape index (κ3) is 12.8. The van der Waals surface area contributed by atoms with Gasteiger partial charge in [-0.1, -0.05) is 0 Å². The van der Waals surface area contributed by atoms with Gasteiger partial charge >= 0.3 is 0 Å².